The van der Waals surface area contributed by atoms with Crippen molar-refractivity contribution in [3.8, 4) is 0 Å². The highest BCUT2D eigenvalue weighted by atomic mass is 19.1. The molecule has 198 valence electrons. The Morgan fingerprint density at radius 3 is 2.63 bits per heavy atom. The fraction of sp³-hybridized carbons (Fsp3) is 0.310. The van der Waals surface area contributed by atoms with E-state index in [1.165, 1.54) is 12.1 Å². The van der Waals surface area contributed by atoms with E-state index in [9.17, 15) is 13.6 Å². The summed E-state index contributed by atoms with van der Waals surface area (Å²) in [5.74, 6) is -0.153. The molecule has 2 heterocycles. The van der Waals surface area contributed by atoms with Crippen LogP contribution in [0, 0.1) is 5.82 Å². The van der Waals surface area contributed by atoms with Crippen molar-refractivity contribution in [1.82, 2.24) is 15.1 Å². The highest BCUT2D eigenvalue weighted by Crippen LogP contribution is 2.28. The first-order valence-corrected chi connectivity index (χ1v) is 12.9. The smallest absolute Gasteiger partial charge is 0.258 e. The molecule has 0 bridgehead atoms. The minimum Gasteiger partial charge on any atom is -0.384 e. The molecule has 0 unspecified atom stereocenters. The third-order valence-corrected chi connectivity index (χ3v) is 6.90. The van der Waals surface area contributed by atoms with Crippen LogP contribution in [-0.2, 0) is 6.42 Å². The van der Waals surface area contributed by atoms with Gasteiger partial charge in [0.05, 0.1) is 17.8 Å². The first kappa shape index (κ1) is 25.7. The molecule has 1 aliphatic rings. The van der Waals surface area contributed by atoms with Crippen LogP contribution in [0.15, 0.2) is 60.7 Å². The highest BCUT2D eigenvalue weighted by Gasteiger charge is 2.19. The maximum absolute atomic E-state index is 13.6. The highest BCUT2D eigenvalue weighted by molar-refractivity contribution is 6.11. The predicted octanol–water partition coefficient (Wildman–Crippen LogP) is 5.07. The molecular formula is C29H32F2N6O. The van der Waals surface area contributed by atoms with E-state index in [2.05, 4.69) is 37.7 Å². The normalized spacial score (nSPS) is 14.1. The summed E-state index contributed by atoms with van der Waals surface area (Å²) >= 11 is 0. The van der Waals surface area contributed by atoms with Gasteiger partial charge in [-0.1, -0.05) is 18.2 Å². The molecule has 3 N–H and O–H groups in total. The van der Waals surface area contributed by atoms with Crippen LogP contribution < -0.4 is 15.5 Å². The van der Waals surface area contributed by atoms with Crippen LogP contribution >= 0.6 is 0 Å². The number of amides is 1. The SMILES string of the molecule is CN1CCN(c2ccc(C(=O)Nc3n[nH]c4ccc(Cc5cccc(F)c5)cc34)c(NCCCF)c2)CC1. The Hall–Kier alpha value is -3.98. The fourth-order valence-electron chi connectivity index (χ4n) is 4.75. The van der Waals surface area contributed by atoms with Crippen LogP contribution in [0.5, 0.6) is 0 Å². The second-order valence-corrected chi connectivity index (χ2v) is 9.70. The topological polar surface area (TPSA) is 76.3 Å². The van der Waals surface area contributed by atoms with Gasteiger partial charge in [-0.05, 0) is 73.5 Å². The average Bonchev–Trinajstić information content (AvgIpc) is 3.31. The number of hydrogen-bond acceptors (Lipinski definition) is 5. The summed E-state index contributed by atoms with van der Waals surface area (Å²) in [6.07, 6.45) is 0.917. The number of carbonyl (C=O) groups is 1. The number of halogens is 2. The lowest BCUT2D eigenvalue weighted by molar-refractivity contribution is 0.102. The maximum atomic E-state index is 13.6. The molecule has 1 aromatic heterocycles. The van der Waals surface area contributed by atoms with E-state index in [0.29, 0.717) is 36.5 Å². The molecule has 1 fully saturated rings. The largest absolute Gasteiger partial charge is 0.384 e. The van der Waals surface area contributed by atoms with Crippen molar-refractivity contribution in [1.29, 1.82) is 0 Å². The number of anilines is 3. The van der Waals surface area contributed by atoms with Crippen LogP contribution in [0.3, 0.4) is 0 Å². The van der Waals surface area contributed by atoms with Gasteiger partial charge in [-0.3, -0.25) is 14.3 Å². The van der Waals surface area contributed by atoms with Crippen molar-refractivity contribution >= 4 is 34.0 Å². The number of aromatic amines is 1. The number of fused-ring (bicyclic) bond motifs is 1. The first-order chi connectivity index (χ1) is 18.5. The second kappa shape index (κ2) is 11.6. The Bertz CT molecular complexity index is 1410. The van der Waals surface area contributed by atoms with E-state index in [4.69, 9.17) is 0 Å². The summed E-state index contributed by atoms with van der Waals surface area (Å²) in [5, 5.41) is 14.2. The third-order valence-electron chi connectivity index (χ3n) is 6.90. The van der Waals surface area contributed by atoms with Gasteiger partial charge in [-0.15, -0.1) is 0 Å². The van der Waals surface area contributed by atoms with Crippen LogP contribution in [0.1, 0.15) is 27.9 Å². The summed E-state index contributed by atoms with van der Waals surface area (Å²) < 4.78 is 26.4. The lowest BCUT2D eigenvalue weighted by atomic mass is 10.0. The van der Waals surface area contributed by atoms with E-state index in [1.54, 1.807) is 6.07 Å². The van der Waals surface area contributed by atoms with E-state index >= 15 is 0 Å². The number of piperazine rings is 1. The molecule has 0 atom stereocenters. The van der Waals surface area contributed by atoms with Crippen molar-refractivity contribution in [2.24, 2.45) is 0 Å². The summed E-state index contributed by atoms with van der Waals surface area (Å²) in [4.78, 5) is 18.0. The van der Waals surface area contributed by atoms with Gasteiger partial charge in [-0.2, -0.15) is 5.10 Å². The summed E-state index contributed by atoms with van der Waals surface area (Å²) in [6.45, 7) is 3.76. The van der Waals surface area contributed by atoms with Crippen molar-refractivity contribution in [2.45, 2.75) is 12.8 Å². The van der Waals surface area contributed by atoms with Gasteiger partial charge in [0.15, 0.2) is 5.82 Å². The summed E-state index contributed by atoms with van der Waals surface area (Å²) in [6, 6.07) is 18.1. The molecule has 1 saturated heterocycles. The first-order valence-electron chi connectivity index (χ1n) is 12.9. The van der Waals surface area contributed by atoms with E-state index in [-0.39, 0.29) is 11.7 Å². The Balaban J connectivity index is 1.37. The number of carbonyl (C=O) groups excluding carboxylic acids is 1. The Morgan fingerprint density at radius 1 is 1.03 bits per heavy atom. The Labute approximate surface area is 220 Å². The van der Waals surface area contributed by atoms with Crippen molar-refractivity contribution in [3.05, 3.63) is 83.2 Å². The molecule has 1 amide bonds. The zero-order valence-electron chi connectivity index (χ0n) is 21.4. The lowest BCUT2D eigenvalue weighted by Gasteiger charge is -2.34. The van der Waals surface area contributed by atoms with Gasteiger partial charge in [0.1, 0.15) is 5.82 Å². The van der Waals surface area contributed by atoms with Gasteiger partial charge in [-0.25, -0.2) is 4.39 Å². The molecule has 4 aromatic rings. The van der Waals surface area contributed by atoms with Gasteiger partial charge in [0.2, 0.25) is 0 Å². The summed E-state index contributed by atoms with van der Waals surface area (Å²) in [5.41, 5.74) is 4.79. The standard InChI is InChI=1S/C29H32F2N6O/c1-36-12-14-37(15-13-36)23-7-8-24(27(19-23)32-11-3-10-30)29(38)33-28-25-18-21(6-9-26(25)34-35-28)16-20-4-2-5-22(31)17-20/h2,4-9,17-19,32H,3,10-16H2,1H3,(H2,33,34,35,38). The van der Waals surface area contributed by atoms with Gasteiger partial charge in [0, 0.05) is 49.5 Å². The Morgan fingerprint density at radius 2 is 1.84 bits per heavy atom. The fourth-order valence-corrected chi connectivity index (χ4v) is 4.75. The van der Waals surface area contributed by atoms with E-state index in [0.717, 1.165) is 53.9 Å². The zero-order chi connectivity index (χ0) is 26.5. The molecule has 0 saturated carbocycles. The van der Waals surface area contributed by atoms with Crippen molar-refractivity contribution in [2.75, 3.05) is 62.0 Å². The van der Waals surface area contributed by atoms with Crippen LogP contribution in [-0.4, -0.2) is 67.5 Å². The molecule has 0 spiro atoms. The molecule has 38 heavy (non-hydrogen) atoms. The van der Waals surface area contributed by atoms with E-state index in [1.807, 2.05) is 42.5 Å². The van der Waals surface area contributed by atoms with Crippen LogP contribution in [0.4, 0.5) is 26.0 Å². The number of alkyl halides is 1. The average molecular weight is 519 g/mol. The van der Waals surface area contributed by atoms with E-state index < -0.39 is 6.67 Å². The van der Waals surface area contributed by atoms with Crippen molar-refractivity contribution < 1.29 is 13.6 Å². The molecule has 0 aliphatic carbocycles. The summed E-state index contributed by atoms with van der Waals surface area (Å²) in [7, 11) is 2.11. The van der Waals surface area contributed by atoms with Crippen LogP contribution in [0.2, 0.25) is 0 Å². The number of nitrogens with zero attached hydrogens (tertiary/aromatic N) is 3. The minimum atomic E-state index is -0.427. The van der Waals surface area contributed by atoms with Gasteiger partial charge in [0.25, 0.3) is 5.91 Å². The molecule has 5 rings (SSSR count). The van der Waals surface area contributed by atoms with Gasteiger partial charge >= 0.3 is 0 Å². The molecule has 1 aliphatic heterocycles. The lowest BCUT2D eigenvalue weighted by Crippen LogP contribution is -2.44. The Kier molecular flexibility index (Phi) is 7.83. The zero-order valence-corrected chi connectivity index (χ0v) is 21.4. The minimum absolute atomic E-state index is 0.269. The number of benzene rings is 3. The van der Waals surface area contributed by atoms with Gasteiger partial charge < -0.3 is 20.4 Å². The maximum Gasteiger partial charge on any atom is 0.258 e. The number of nitrogens with one attached hydrogen (secondary N) is 3. The number of likely N-dealkylation sites (N-methyl/N-ethyl adjacent to an activating group) is 1. The van der Waals surface area contributed by atoms with Crippen molar-refractivity contribution in [3.63, 3.8) is 0 Å². The number of H-pyrrole nitrogens is 1. The molecule has 9 heteroatoms. The molecule has 0 radical (unpaired) electrons. The molecule has 3 aromatic carbocycles. The second-order valence-electron chi connectivity index (χ2n) is 9.70. The predicted molar refractivity (Wildman–Crippen MR) is 148 cm³/mol. The third kappa shape index (κ3) is 5.94. The number of rotatable bonds is 9. The number of aromatic nitrogens is 2. The number of hydrogen-bond donors (Lipinski definition) is 3. The monoisotopic (exact) mass is 518 g/mol. The van der Waals surface area contributed by atoms with Crippen LogP contribution in [0.25, 0.3) is 10.9 Å². The molecular weight excluding hydrogens is 486 g/mol. The molecule has 7 nitrogen and oxygen atoms in total. The quantitative estimate of drug-likeness (QED) is 0.270.